The van der Waals surface area contributed by atoms with Crippen LogP contribution in [-0.4, -0.2) is 50.7 Å². The van der Waals surface area contributed by atoms with Crippen molar-refractivity contribution in [3.63, 3.8) is 0 Å². The molecule has 2 N–H and O–H groups in total. The van der Waals surface area contributed by atoms with Gasteiger partial charge in [-0.3, -0.25) is 14.8 Å². The number of nitrogens with one attached hydrogen (secondary N) is 2. The van der Waals surface area contributed by atoms with Gasteiger partial charge in [-0.25, -0.2) is 9.78 Å². The number of hydrogen-bond acceptors (Lipinski definition) is 4. The van der Waals surface area contributed by atoms with E-state index in [1.54, 1.807) is 13.1 Å². The zero-order valence-electron chi connectivity index (χ0n) is 18.7. The third-order valence-electron chi connectivity index (χ3n) is 7.26. The smallest absolute Gasteiger partial charge is 0.320 e. The lowest BCUT2D eigenvalue weighted by Gasteiger charge is -2.32. The van der Waals surface area contributed by atoms with Crippen LogP contribution < -0.4 is 10.6 Å². The number of nitrogens with zero attached hydrogens (tertiary/aromatic N) is 4. The molecule has 170 valence electrons. The number of hydrogen-bond donors (Lipinski definition) is 2. The SMILES string of the molecule is CC(=O)N1CCC2(CC1)C[C@@H]2NC(=O)Nc1cc(-c2cnn3c2CC(C)(C)C3)c(Cl)cn1. The van der Waals surface area contributed by atoms with E-state index in [0.717, 1.165) is 62.1 Å². The van der Waals surface area contributed by atoms with Gasteiger partial charge in [0.1, 0.15) is 5.82 Å². The number of urea groups is 1. The molecule has 9 heteroatoms. The molecule has 4 heterocycles. The third-order valence-corrected chi connectivity index (χ3v) is 7.56. The second-order valence-corrected chi connectivity index (χ2v) is 10.7. The van der Waals surface area contributed by atoms with Crippen molar-refractivity contribution in [1.29, 1.82) is 0 Å². The van der Waals surface area contributed by atoms with Crippen LogP contribution in [0.1, 0.15) is 45.7 Å². The molecule has 5 rings (SSSR count). The molecule has 0 bridgehead atoms. The number of pyridine rings is 1. The minimum absolute atomic E-state index is 0.125. The first-order chi connectivity index (χ1) is 15.2. The number of piperidine rings is 1. The van der Waals surface area contributed by atoms with Crippen LogP contribution in [0, 0.1) is 10.8 Å². The summed E-state index contributed by atoms with van der Waals surface area (Å²) < 4.78 is 2.04. The average Bonchev–Trinajstić information content (AvgIpc) is 3.06. The van der Waals surface area contributed by atoms with Crippen LogP contribution >= 0.6 is 11.6 Å². The average molecular weight is 457 g/mol. The first-order valence-electron chi connectivity index (χ1n) is 11.2. The van der Waals surface area contributed by atoms with Crippen molar-refractivity contribution in [2.24, 2.45) is 10.8 Å². The first-order valence-corrected chi connectivity index (χ1v) is 11.6. The maximum atomic E-state index is 12.6. The molecule has 2 aromatic heterocycles. The van der Waals surface area contributed by atoms with Crippen molar-refractivity contribution < 1.29 is 9.59 Å². The summed E-state index contributed by atoms with van der Waals surface area (Å²) in [5.74, 6) is 0.584. The second-order valence-electron chi connectivity index (χ2n) is 10.3. The summed E-state index contributed by atoms with van der Waals surface area (Å²) in [5, 5.41) is 11.0. The Labute approximate surface area is 192 Å². The molecular formula is C23H29ClN6O2. The fourth-order valence-electron chi connectivity index (χ4n) is 5.27. The number of fused-ring (bicyclic) bond motifs is 1. The first kappa shape index (κ1) is 21.2. The summed E-state index contributed by atoms with van der Waals surface area (Å²) in [4.78, 5) is 30.4. The molecule has 1 spiro atoms. The number of anilines is 1. The Morgan fingerprint density at radius 1 is 1.19 bits per heavy atom. The van der Waals surface area contributed by atoms with Crippen molar-refractivity contribution >= 4 is 29.4 Å². The molecular weight excluding hydrogens is 428 g/mol. The number of amides is 3. The molecule has 1 saturated heterocycles. The van der Waals surface area contributed by atoms with Gasteiger partial charge in [0.15, 0.2) is 0 Å². The van der Waals surface area contributed by atoms with Crippen molar-refractivity contribution in [2.75, 3.05) is 18.4 Å². The Balaban J connectivity index is 1.24. The molecule has 1 saturated carbocycles. The van der Waals surface area contributed by atoms with Gasteiger partial charge in [0.2, 0.25) is 5.91 Å². The molecule has 3 aliphatic rings. The van der Waals surface area contributed by atoms with Crippen molar-refractivity contribution in [1.82, 2.24) is 25.0 Å². The molecule has 2 aliphatic heterocycles. The summed E-state index contributed by atoms with van der Waals surface area (Å²) in [6.07, 6.45) is 7.18. The largest absolute Gasteiger partial charge is 0.343 e. The summed E-state index contributed by atoms with van der Waals surface area (Å²) in [6, 6.07) is 1.70. The molecule has 1 aliphatic carbocycles. The Morgan fingerprint density at radius 2 is 1.94 bits per heavy atom. The van der Waals surface area contributed by atoms with Crippen LogP contribution in [0.2, 0.25) is 5.02 Å². The summed E-state index contributed by atoms with van der Waals surface area (Å²) in [6.45, 7) is 8.48. The van der Waals surface area contributed by atoms with Crippen molar-refractivity contribution in [3.8, 4) is 11.1 Å². The molecule has 3 amide bonds. The van der Waals surface area contributed by atoms with E-state index in [4.69, 9.17) is 11.6 Å². The van der Waals surface area contributed by atoms with Crippen LogP contribution in [0.25, 0.3) is 11.1 Å². The normalized spacial score (nSPS) is 22.5. The van der Waals surface area contributed by atoms with Gasteiger partial charge in [-0.05, 0) is 42.6 Å². The fourth-order valence-corrected chi connectivity index (χ4v) is 5.47. The van der Waals surface area contributed by atoms with Gasteiger partial charge >= 0.3 is 6.03 Å². The molecule has 8 nitrogen and oxygen atoms in total. The standard InChI is InChI=1S/C23H29ClN6O2/c1-14(31)29-6-4-23(5-7-29)10-19(23)27-21(32)28-20-8-15(17(24)12-25-20)16-11-26-30-13-22(2,3)9-18(16)30/h8,11-12,19H,4-7,9-10,13H2,1-3H3,(H2,25,27,28,32)/t19-/m0/s1. The maximum absolute atomic E-state index is 12.6. The topological polar surface area (TPSA) is 92.2 Å². The van der Waals surface area contributed by atoms with E-state index in [0.29, 0.717) is 10.8 Å². The number of carbonyl (C=O) groups is 2. The summed E-state index contributed by atoms with van der Waals surface area (Å²) >= 11 is 6.47. The van der Waals surface area contributed by atoms with Crippen molar-refractivity contribution in [3.05, 3.63) is 29.2 Å². The van der Waals surface area contributed by atoms with E-state index in [-0.39, 0.29) is 28.8 Å². The molecule has 0 radical (unpaired) electrons. The minimum atomic E-state index is -0.261. The summed E-state index contributed by atoms with van der Waals surface area (Å²) in [5.41, 5.74) is 3.28. The Kier molecular flexibility index (Phi) is 4.96. The second kappa shape index (κ2) is 7.47. The Morgan fingerprint density at radius 3 is 2.66 bits per heavy atom. The monoisotopic (exact) mass is 456 g/mol. The highest BCUT2D eigenvalue weighted by Crippen LogP contribution is 2.53. The van der Waals surface area contributed by atoms with Crippen molar-refractivity contribution in [2.45, 2.75) is 59.0 Å². The van der Waals surface area contributed by atoms with Crippen LogP contribution in [0.3, 0.4) is 0 Å². The van der Waals surface area contributed by atoms with E-state index in [9.17, 15) is 9.59 Å². The van der Waals surface area contributed by atoms with Crippen LogP contribution in [0.4, 0.5) is 10.6 Å². The zero-order valence-corrected chi connectivity index (χ0v) is 19.5. The maximum Gasteiger partial charge on any atom is 0.320 e. The van der Waals surface area contributed by atoms with Gasteiger partial charge in [-0.2, -0.15) is 5.10 Å². The van der Waals surface area contributed by atoms with Gasteiger partial charge in [0, 0.05) is 55.6 Å². The number of halogens is 1. The Hall–Kier alpha value is -2.61. The molecule has 32 heavy (non-hydrogen) atoms. The predicted octanol–water partition coefficient (Wildman–Crippen LogP) is 3.70. The molecule has 2 aromatic rings. The lowest BCUT2D eigenvalue weighted by atomic mass is 9.89. The lowest BCUT2D eigenvalue weighted by molar-refractivity contribution is -0.130. The van der Waals surface area contributed by atoms with Gasteiger partial charge in [-0.1, -0.05) is 25.4 Å². The van der Waals surface area contributed by atoms with E-state index >= 15 is 0 Å². The number of carbonyl (C=O) groups excluding carboxylic acids is 2. The fraction of sp³-hybridized carbons (Fsp3) is 0.565. The highest BCUT2D eigenvalue weighted by Gasteiger charge is 2.55. The van der Waals surface area contributed by atoms with E-state index in [1.165, 1.54) is 0 Å². The molecule has 1 atom stereocenters. The highest BCUT2D eigenvalue weighted by atomic mass is 35.5. The van der Waals surface area contributed by atoms with E-state index in [1.807, 2.05) is 21.8 Å². The van der Waals surface area contributed by atoms with Gasteiger partial charge in [0.25, 0.3) is 0 Å². The van der Waals surface area contributed by atoms with Crippen LogP contribution in [0.5, 0.6) is 0 Å². The zero-order chi connectivity index (χ0) is 22.7. The van der Waals surface area contributed by atoms with Crippen LogP contribution in [-0.2, 0) is 17.8 Å². The number of aromatic nitrogens is 3. The molecule has 0 unspecified atom stereocenters. The highest BCUT2D eigenvalue weighted by molar-refractivity contribution is 6.33. The van der Waals surface area contributed by atoms with Crippen LogP contribution in [0.15, 0.2) is 18.5 Å². The lowest BCUT2D eigenvalue weighted by Crippen LogP contribution is -2.41. The third kappa shape index (κ3) is 3.85. The van der Waals surface area contributed by atoms with Gasteiger partial charge in [-0.15, -0.1) is 0 Å². The van der Waals surface area contributed by atoms with Gasteiger partial charge < -0.3 is 10.2 Å². The van der Waals surface area contributed by atoms with E-state index in [2.05, 4.69) is 34.6 Å². The molecule has 0 aromatic carbocycles. The minimum Gasteiger partial charge on any atom is -0.343 e. The number of rotatable bonds is 3. The molecule has 2 fully saturated rings. The Bertz CT molecular complexity index is 1090. The predicted molar refractivity (Wildman–Crippen MR) is 122 cm³/mol. The quantitative estimate of drug-likeness (QED) is 0.736. The number of likely N-dealkylation sites (tertiary alicyclic amines) is 1. The van der Waals surface area contributed by atoms with Gasteiger partial charge in [0.05, 0.1) is 11.2 Å². The summed E-state index contributed by atoms with van der Waals surface area (Å²) in [7, 11) is 0. The van der Waals surface area contributed by atoms with E-state index < -0.39 is 0 Å².